The molecule has 1 heterocycles. The molecular weight excluding hydrogens is 264 g/mol. The zero-order valence-corrected chi connectivity index (χ0v) is 11.1. The molecule has 1 aromatic rings. The lowest BCUT2D eigenvalue weighted by Crippen LogP contribution is -2.14. The van der Waals surface area contributed by atoms with Crippen LogP contribution in [0.25, 0.3) is 0 Å². The lowest BCUT2D eigenvalue weighted by Gasteiger charge is -2.12. The predicted octanol–water partition coefficient (Wildman–Crippen LogP) is 2.89. The van der Waals surface area contributed by atoms with Crippen LogP contribution in [0.5, 0.6) is 0 Å². The van der Waals surface area contributed by atoms with Gasteiger partial charge in [0.15, 0.2) is 0 Å². The predicted molar refractivity (Wildman–Crippen MR) is 71.4 cm³/mol. The number of hydrogen-bond donors (Lipinski definition) is 2. The molecule has 0 aliphatic heterocycles. The van der Waals surface area contributed by atoms with Gasteiger partial charge in [0, 0.05) is 12.2 Å². The Morgan fingerprint density at radius 3 is 2.63 bits per heavy atom. The van der Waals surface area contributed by atoms with E-state index in [0.717, 1.165) is 23.7 Å². The van der Waals surface area contributed by atoms with Gasteiger partial charge < -0.3 is 10.4 Å². The number of nitrogens with one attached hydrogen (secondary N) is 1. The van der Waals surface area contributed by atoms with E-state index in [-0.39, 0.29) is 5.56 Å². The second kappa shape index (κ2) is 3.85. The van der Waals surface area contributed by atoms with Gasteiger partial charge in [0.25, 0.3) is 0 Å². The van der Waals surface area contributed by atoms with Gasteiger partial charge in [-0.05, 0) is 49.0 Å². The Balaban J connectivity index is 1.51. The molecule has 2 bridgehead atoms. The van der Waals surface area contributed by atoms with Gasteiger partial charge in [0.1, 0.15) is 5.82 Å². The number of aromatic carboxylic acids is 1. The van der Waals surface area contributed by atoms with Gasteiger partial charge in [-0.15, -0.1) is 0 Å². The van der Waals surface area contributed by atoms with Gasteiger partial charge >= 0.3 is 5.97 Å². The molecular formula is C14H15ClN2O2. The van der Waals surface area contributed by atoms with Crippen molar-refractivity contribution in [3.8, 4) is 0 Å². The number of anilines is 1. The quantitative estimate of drug-likeness (QED) is 0.892. The van der Waals surface area contributed by atoms with E-state index in [1.165, 1.54) is 31.5 Å². The van der Waals surface area contributed by atoms with Crippen LogP contribution in [0.15, 0.2) is 12.3 Å². The van der Waals surface area contributed by atoms with Crippen molar-refractivity contribution >= 4 is 23.4 Å². The summed E-state index contributed by atoms with van der Waals surface area (Å²) in [7, 11) is 0. The van der Waals surface area contributed by atoms with Crippen LogP contribution in [-0.4, -0.2) is 22.1 Å². The molecule has 0 aromatic carbocycles. The Bertz CT molecular complexity index is 546. The molecule has 100 valence electrons. The van der Waals surface area contributed by atoms with Gasteiger partial charge in [0.05, 0.1) is 10.6 Å². The van der Waals surface area contributed by atoms with E-state index >= 15 is 0 Å². The third-order valence-electron chi connectivity index (χ3n) is 5.13. The van der Waals surface area contributed by atoms with Gasteiger partial charge in [-0.25, -0.2) is 9.78 Å². The molecule has 19 heavy (non-hydrogen) atoms. The van der Waals surface area contributed by atoms with Crippen LogP contribution >= 0.6 is 11.6 Å². The van der Waals surface area contributed by atoms with Gasteiger partial charge in [-0.3, -0.25) is 0 Å². The third kappa shape index (κ3) is 1.66. The SMILES string of the molecule is O=C(O)c1cnc(NC2C3C4CCC(C4)C23)c(Cl)c1. The Morgan fingerprint density at radius 2 is 2.05 bits per heavy atom. The van der Waals surface area contributed by atoms with Crippen molar-refractivity contribution < 1.29 is 9.90 Å². The zero-order valence-electron chi connectivity index (χ0n) is 10.3. The molecule has 0 radical (unpaired) electrons. The van der Waals surface area contributed by atoms with Crippen LogP contribution in [-0.2, 0) is 0 Å². The maximum atomic E-state index is 10.8. The van der Waals surface area contributed by atoms with Crippen molar-refractivity contribution in [3.63, 3.8) is 0 Å². The van der Waals surface area contributed by atoms with Crippen LogP contribution in [0, 0.1) is 23.7 Å². The molecule has 1 aromatic heterocycles. The molecule has 2 N–H and O–H groups in total. The normalized spacial score (nSPS) is 38.1. The third-order valence-corrected chi connectivity index (χ3v) is 5.41. The number of rotatable bonds is 3. The molecule has 3 saturated carbocycles. The number of fused-ring (bicyclic) bond motifs is 5. The van der Waals surface area contributed by atoms with Crippen molar-refractivity contribution in [1.29, 1.82) is 0 Å². The lowest BCUT2D eigenvalue weighted by atomic mass is 10.0. The van der Waals surface area contributed by atoms with Crippen molar-refractivity contribution in [3.05, 3.63) is 22.8 Å². The van der Waals surface area contributed by atoms with Crippen LogP contribution in [0.3, 0.4) is 0 Å². The largest absolute Gasteiger partial charge is 0.478 e. The fraction of sp³-hybridized carbons (Fsp3) is 0.571. The summed E-state index contributed by atoms with van der Waals surface area (Å²) >= 11 is 6.10. The summed E-state index contributed by atoms with van der Waals surface area (Å²) < 4.78 is 0. The maximum absolute atomic E-state index is 10.8. The first-order valence-electron chi connectivity index (χ1n) is 6.80. The van der Waals surface area contributed by atoms with E-state index in [2.05, 4.69) is 10.3 Å². The van der Waals surface area contributed by atoms with Crippen LogP contribution in [0.2, 0.25) is 5.02 Å². The number of carboxylic acids is 1. The Morgan fingerprint density at radius 1 is 1.37 bits per heavy atom. The second-order valence-electron chi connectivity index (χ2n) is 6.02. The first-order valence-corrected chi connectivity index (χ1v) is 7.18. The molecule has 4 nitrogen and oxygen atoms in total. The highest BCUT2D eigenvalue weighted by Gasteiger charge is 2.65. The number of carboxylic acid groups (broad SMARTS) is 1. The minimum atomic E-state index is -0.998. The first-order chi connectivity index (χ1) is 9.15. The molecule has 4 atom stereocenters. The minimum absolute atomic E-state index is 0.131. The highest BCUT2D eigenvalue weighted by atomic mass is 35.5. The molecule has 0 saturated heterocycles. The Hall–Kier alpha value is -1.29. The Kier molecular flexibility index (Phi) is 2.34. The fourth-order valence-electron chi connectivity index (χ4n) is 4.34. The zero-order chi connectivity index (χ0) is 13.1. The summed E-state index contributed by atoms with van der Waals surface area (Å²) in [5, 5.41) is 12.7. The highest BCUT2D eigenvalue weighted by molar-refractivity contribution is 6.33. The van der Waals surface area contributed by atoms with Crippen LogP contribution in [0.4, 0.5) is 5.82 Å². The second-order valence-corrected chi connectivity index (χ2v) is 6.42. The molecule has 0 spiro atoms. The van der Waals surface area contributed by atoms with Crippen LogP contribution in [0.1, 0.15) is 29.6 Å². The molecule has 4 unspecified atom stereocenters. The summed E-state index contributed by atoms with van der Waals surface area (Å²) in [6, 6.07) is 1.97. The van der Waals surface area contributed by atoms with Gasteiger partial charge in [0.2, 0.25) is 0 Å². The summed E-state index contributed by atoms with van der Waals surface area (Å²) in [6.07, 6.45) is 5.53. The van der Waals surface area contributed by atoms with E-state index < -0.39 is 5.97 Å². The topological polar surface area (TPSA) is 62.2 Å². The lowest BCUT2D eigenvalue weighted by molar-refractivity contribution is 0.0696. The van der Waals surface area contributed by atoms with E-state index in [4.69, 9.17) is 16.7 Å². The van der Waals surface area contributed by atoms with Crippen molar-refractivity contribution in [1.82, 2.24) is 4.98 Å². The smallest absolute Gasteiger partial charge is 0.337 e. The number of nitrogens with zero attached hydrogens (tertiary/aromatic N) is 1. The van der Waals surface area contributed by atoms with E-state index in [0.29, 0.717) is 16.9 Å². The maximum Gasteiger partial charge on any atom is 0.337 e. The van der Waals surface area contributed by atoms with E-state index in [9.17, 15) is 4.79 Å². The average Bonchev–Trinajstić information content (AvgIpc) is 2.79. The highest BCUT2D eigenvalue weighted by Crippen LogP contribution is 2.66. The van der Waals surface area contributed by atoms with Crippen molar-refractivity contribution in [2.24, 2.45) is 23.7 Å². The van der Waals surface area contributed by atoms with Crippen LogP contribution < -0.4 is 5.32 Å². The van der Waals surface area contributed by atoms with Crippen molar-refractivity contribution in [2.75, 3.05) is 5.32 Å². The molecule has 3 aliphatic carbocycles. The average molecular weight is 279 g/mol. The molecule has 0 amide bonds. The Labute approximate surface area is 116 Å². The monoisotopic (exact) mass is 278 g/mol. The van der Waals surface area contributed by atoms with Crippen molar-refractivity contribution in [2.45, 2.75) is 25.3 Å². The van der Waals surface area contributed by atoms with Gasteiger partial charge in [-0.2, -0.15) is 0 Å². The number of pyridine rings is 1. The number of aromatic nitrogens is 1. The molecule has 3 fully saturated rings. The molecule has 5 heteroatoms. The minimum Gasteiger partial charge on any atom is -0.478 e. The molecule has 4 rings (SSSR count). The fourth-order valence-corrected chi connectivity index (χ4v) is 4.56. The first kappa shape index (κ1) is 11.5. The summed E-state index contributed by atoms with van der Waals surface area (Å²) in [6.45, 7) is 0. The standard InChI is InChI=1S/C14H15ClN2O2/c15-9-4-8(14(18)19)5-16-13(9)17-12-10-6-1-2-7(3-6)11(10)12/h4-7,10-12H,1-3H2,(H,16,17)(H,18,19). The number of halogens is 1. The van der Waals surface area contributed by atoms with E-state index in [1.54, 1.807) is 0 Å². The number of hydrogen-bond acceptors (Lipinski definition) is 3. The summed E-state index contributed by atoms with van der Waals surface area (Å²) in [5.41, 5.74) is 0.131. The summed E-state index contributed by atoms with van der Waals surface area (Å²) in [4.78, 5) is 15.0. The molecule has 3 aliphatic rings. The summed E-state index contributed by atoms with van der Waals surface area (Å²) in [5.74, 6) is 3.02. The number of carbonyl (C=O) groups is 1. The van der Waals surface area contributed by atoms with E-state index in [1.807, 2.05) is 0 Å². The van der Waals surface area contributed by atoms with Gasteiger partial charge in [-0.1, -0.05) is 11.6 Å².